The summed E-state index contributed by atoms with van der Waals surface area (Å²) in [6, 6.07) is 4.98. The number of benzene rings is 1. The molecule has 16 heavy (non-hydrogen) atoms. The predicted octanol–water partition coefficient (Wildman–Crippen LogP) is 1.07. The second kappa shape index (κ2) is 5.14. The number of sulfone groups is 1. The third-order valence-electron chi connectivity index (χ3n) is 2.03. The summed E-state index contributed by atoms with van der Waals surface area (Å²) >= 11 is 0. The molecule has 0 atom stereocenters. The quantitative estimate of drug-likeness (QED) is 0.856. The molecule has 0 saturated heterocycles. The smallest absolute Gasteiger partial charge is 0.179 e. The normalized spacial score (nSPS) is 11.9. The van der Waals surface area contributed by atoms with Crippen LogP contribution < -0.4 is 10.5 Å². The van der Waals surface area contributed by atoms with E-state index >= 15 is 0 Å². The molecule has 0 aliphatic heterocycles. The maximum Gasteiger partial charge on any atom is 0.179 e. The van der Waals surface area contributed by atoms with Gasteiger partial charge in [-0.2, -0.15) is 0 Å². The molecule has 0 saturated carbocycles. The Morgan fingerprint density at radius 1 is 1.44 bits per heavy atom. The van der Waals surface area contributed by atoms with E-state index in [0.29, 0.717) is 12.3 Å². The zero-order chi connectivity index (χ0) is 12.2. The number of methoxy groups -OCH3 is 1. The molecule has 88 valence electrons. The highest BCUT2D eigenvalue weighted by Crippen LogP contribution is 2.25. The van der Waals surface area contributed by atoms with Crippen molar-refractivity contribution in [3.8, 4) is 5.75 Å². The Kier molecular flexibility index (Phi) is 4.09. The van der Waals surface area contributed by atoms with E-state index in [9.17, 15) is 8.42 Å². The topological polar surface area (TPSA) is 69.4 Å². The second-order valence-corrected chi connectivity index (χ2v) is 5.30. The average Bonchev–Trinajstić information content (AvgIpc) is 2.24. The van der Waals surface area contributed by atoms with E-state index in [4.69, 9.17) is 10.5 Å². The van der Waals surface area contributed by atoms with E-state index in [1.165, 1.54) is 7.11 Å². The average molecular weight is 241 g/mol. The van der Waals surface area contributed by atoms with Gasteiger partial charge in [0.2, 0.25) is 0 Å². The molecule has 0 unspecified atom stereocenters. The predicted molar refractivity (Wildman–Crippen MR) is 64.2 cm³/mol. The first-order valence-electron chi connectivity index (χ1n) is 4.73. The van der Waals surface area contributed by atoms with E-state index in [2.05, 4.69) is 0 Å². The van der Waals surface area contributed by atoms with Gasteiger partial charge >= 0.3 is 0 Å². The summed E-state index contributed by atoms with van der Waals surface area (Å²) in [4.78, 5) is 0.189. The molecule has 0 radical (unpaired) electrons. The minimum absolute atomic E-state index is 0.189. The molecule has 0 spiro atoms. The summed E-state index contributed by atoms with van der Waals surface area (Å²) in [5.74, 6) is 0.354. The Hall–Kier alpha value is -1.33. The minimum atomic E-state index is -3.28. The molecule has 1 aromatic carbocycles. The minimum Gasteiger partial charge on any atom is -0.495 e. The highest BCUT2D eigenvalue weighted by Gasteiger charge is 2.13. The van der Waals surface area contributed by atoms with Crippen LogP contribution in [0.15, 0.2) is 29.2 Å². The van der Waals surface area contributed by atoms with E-state index in [0.717, 1.165) is 11.8 Å². The molecule has 0 aromatic heterocycles. The summed E-state index contributed by atoms with van der Waals surface area (Å²) in [5, 5.41) is 0. The van der Waals surface area contributed by atoms with Crippen LogP contribution in [0.4, 0.5) is 0 Å². The van der Waals surface area contributed by atoms with E-state index < -0.39 is 9.84 Å². The first-order chi connectivity index (χ1) is 7.49. The van der Waals surface area contributed by atoms with Crippen molar-refractivity contribution in [1.82, 2.24) is 0 Å². The van der Waals surface area contributed by atoms with Crippen molar-refractivity contribution < 1.29 is 13.2 Å². The number of nitrogens with two attached hydrogens (primary N) is 1. The molecule has 0 aliphatic rings. The maximum atomic E-state index is 11.5. The summed E-state index contributed by atoms with van der Waals surface area (Å²) in [5.41, 5.74) is 6.11. The van der Waals surface area contributed by atoms with Crippen LogP contribution in [0.5, 0.6) is 5.75 Å². The number of rotatable bonds is 4. The van der Waals surface area contributed by atoms with Crippen LogP contribution >= 0.6 is 0 Å². The van der Waals surface area contributed by atoms with Crippen molar-refractivity contribution in [3.63, 3.8) is 0 Å². The first kappa shape index (κ1) is 12.7. The summed E-state index contributed by atoms with van der Waals surface area (Å²) in [6.45, 7) is 0.417. The molecule has 0 amide bonds. The van der Waals surface area contributed by atoms with Gasteiger partial charge in [0, 0.05) is 12.8 Å². The molecular weight excluding hydrogens is 226 g/mol. The maximum absolute atomic E-state index is 11.5. The van der Waals surface area contributed by atoms with Crippen molar-refractivity contribution in [2.24, 2.45) is 5.73 Å². The van der Waals surface area contributed by atoms with Crippen molar-refractivity contribution in [3.05, 3.63) is 29.8 Å². The van der Waals surface area contributed by atoms with Crippen molar-refractivity contribution >= 4 is 15.9 Å². The van der Waals surface area contributed by atoms with Gasteiger partial charge in [-0.3, -0.25) is 0 Å². The highest BCUT2D eigenvalue weighted by molar-refractivity contribution is 7.90. The van der Waals surface area contributed by atoms with E-state index in [1.54, 1.807) is 30.4 Å². The van der Waals surface area contributed by atoms with Crippen LogP contribution in [-0.2, 0) is 9.84 Å². The van der Waals surface area contributed by atoms with Gasteiger partial charge in [0.15, 0.2) is 9.84 Å². The van der Waals surface area contributed by atoms with Gasteiger partial charge in [0.25, 0.3) is 0 Å². The lowest BCUT2D eigenvalue weighted by atomic mass is 10.2. The van der Waals surface area contributed by atoms with Gasteiger partial charge in [-0.25, -0.2) is 8.42 Å². The molecule has 2 N–H and O–H groups in total. The molecule has 0 heterocycles. The Morgan fingerprint density at radius 2 is 2.12 bits per heavy atom. The van der Waals surface area contributed by atoms with Crippen LogP contribution in [-0.4, -0.2) is 28.3 Å². The fraction of sp³-hybridized carbons (Fsp3) is 0.273. The van der Waals surface area contributed by atoms with Gasteiger partial charge in [-0.1, -0.05) is 18.2 Å². The number of hydrogen-bond acceptors (Lipinski definition) is 4. The van der Waals surface area contributed by atoms with Crippen LogP contribution in [0.1, 0.15) is 5.56 Å². The van der Waals surface area contributed by atoms with E-state index in [-0.39, 0.29) is 4.90 Å². The monoisotopic (exact) mass is 241 g/mol. The second-order valence-electron chi connectivity index (χ2n) is 3.32. The van der Waals surface area contributed by atoms with Crippen LogP contribution in [0.25, 0.3) is 6.08 Å². The van der Waals surface area contributed by atoms with Crippen molar-refractivity contribution in [2.75, 3.05) is 19.9 Å². The highest BCUT2D eigenvalue weighted by atomic mass is 32.2. The van der Waals surface area contributed by atoms with Gasteiger partial charge in [0.1, 0.15) is 10.6 Å². The molecule has 0 aliphatic carbocycles. The Labute approximate surface area is 95.6 Å². The van der Waals surface area contributed by atoms with Crippen LogP contribution in [0.3, 0.4) is 0 Å². The van der Waals surface area contributed by atoms with E-state index in [1.807, 2.05) is 0 Å². The van der Waals surface area contributed by atoms with Gasteiger partial charge in [-0.15, -0.1) is 0 Å². The standard InChI is InChI=1S/C11H15NO3S/c1-15-10-6-5-9(4-3-7-12)8-11(10)16(2,13)14/h3-6,8H,7,12H2,1-2H3/b4-3+. The fourth-order valence-electron chi connectivity index (χ4n) is 1.29. The molecule has 0 fully saturated rings. The molecule has 5 heteroatoms. The van der Waals surface area contributed by atoms with Crippen molar-refractivity contribution in [2.45, 2.75) is 4.90 Å². The molecular formula is C11H15NO3S. The molecule has 1 rings (SSSR count). The van der Waals surface area contributed by atoms with Gasteiger partial charge in [0.05, 0.1) is 7.11 Å². The van der Waals surface area contributed by atoms with Gasteiger partial charge < -0.3 is 10.5 Å². The fourth-order valence-corrected chi connectivity index (χ4v) is 2.16. The van der Waals surface area contributed by atoms with Gasteiger partial charge in [-0.05, 0) is 17.7 Å². The Bertz CT molecular complexity index is 492. The lowest BCUT2D eigenvalue weighted by Crippen LogP contribution is -2.01. The summed E-state index contributed by atoms with van der Waals surface area (Å²) < 4.78 is 28.0. The zero-order valence-electron chi connectivity index (χ0n) is 9.30. The SMILES string of the molecule is COc1ccc(/C=C/CN)cc1S(C)(=O)=O. The van der Waals surface area contributed by atoms with Crippen molar-refractivity contribution in [1.29, 1.82) is 0 Å². The third-order valence-corrected chi connectivity index (χ3v) is 3.15. The largest absolute Gasteiger partial charge is 0.495 e. The molecule has 0 bridgehead atoms. The first-order valence-corrected chi connectivity index (χ1v) is 6.63. The van der Waals surface area contributed by atoms with Crippen LogP contribution in [0.2, 0.25) is 0 Å². The molecule has 1 aromatic rings. The lowest BCUT2D eigenvalue weighted by molar-refractivity contribution is 0.403. The Balaban J connectivity index is 3.28. The molecule has 4 nitrogen and oxygen atoms in total. The summed E-state index contributed by atoms with van der Waals surface area (Å²) in [7, 11) is -1.84. The Morgan fingerprint density at radius 3 is 2.62 bits per heavy atom. The third kappa shape index (κ3) is 3.08. The number of ether oxygens (including phenoxy) is 1. The summed E-state index contributed by atoms with van der Waals surface area (Å²) in [6.07, 6.45) is 4.68. The van der Waals surface area contributed by atoms with Crippen LogP contribution in [0, 0.1) is 0 Å². The number of hydrogen-bond donors (Lipinski definition) is 1. The lowest BCUT2D eigenvalue weighted by Gasteiger charge is -2.07. The zero-order valence-corrected chi connectivity index (χ0v) is 10.1.